The summed E-state index contributed by atoms with van der Waals surface area (Å²) >= 11 is 5.97. The van der Waals surface area contributed by atoms with E-state index in [1.807, 2.05) is 49.4 Å². The highest BCUT2D eigenvalue weighted by Crippen LogP contribution is 2.36. The zero-order chi connectivity index (χ0) is 20.6. The number of benzene rings is 2. The van der Waals surface area contributed by atoms with E-state index in [4.69, 9.17) is 11.6 Å². The molecule has 3 N–H and O–H groups in total. The predicted octanol–water partition coefficient (Wildman–Crippen LogP) is 3.63. The first-order valence-corrected chi connectivity index (χ1v) is 10.6. The lowest BCUT2D eigenvalue weighted by molar-refractivity contribution is -0.116. The average molecular weight is 415 g/mol. The van der Waals surface area contributed by atoms with Gasteiger partial charge in [0.15, 0.2) is 0 Å². The largest absolute Gasteiger partial charge is 0.387 e. The van der Waals surface area contributed by atoms with Crippen molar-refractivity contribution in [3.05, 3.63) is 64.2 Å². The number of anilines is 1. The molecule has 0 aliphatic carbocycles. The van der Waals surface area contributed by atoms with Crippen molar-refractivity contribution in [3.63, 3.8) is 0 Å². The summed E-state index contributed by atoms with van der Waals surface area (Å²) in [5.74, 6) is 0.0423. The molecule has 2 heterocycles. The minimum absolute atomic E-state index is 0.0423. The fourth-order valence-corrected chi connectivity index (χ4v) is 4.54. The van der Waals surface area contributed by atoms with Crippen LogP contribution >= 0.6 is 11.6 Å². The van der Waals surface area contributed by atoms with Crippen molar-refractivity contribution in [1.82, 2.24) is 4.90 Å². The van der Waals surface area contributed by atoms with Gasteiger partial charge in [-0.1, -0.05) is 35.9 Å². The third-order valence-corrected chi connectivity index (χ3v) is 6.66. The highest BCUT2D eigenvalue weighted by Gasteiger charge is 2.36. The molecule has 154 valence electrons. The van der Waals surface area contributed by atoms with Crippen molar-refractivity contribution < 1.29 is 15.0 Å². The van der Waals surface area contributed by atoms with Gasteiger partial charge in [0.05, 0.1) is 11.7 Å². The van der Waals surface area contributed by atoms with Gasteiger partial charge in [-0.3, -0.25) is 9.69 Å². The summed E-state index contributed by atoms with van der Waals surface area (Å²) in [5.41, 5.74) is 2.83. The summed E-state index contributed by atoms with van der Waals surface area (Å²) in [6.45, 7) is 3.44. The Balaban J connectivity index is 1.42. The van der Waals surface area contributed by atoms with Crippen LogP contribution in [0.4, 0.5) is 5.69 Å². The molecule has 0 aromatic heterocycles. The van der Waals surface area contributed by atoms with Gasteiger partial charge in [0.2, 0.25) is 5.91 Å². The van der Waals surface area contributed by atoms with Gasteiger partial charge in [0.25, 0.3) is 0 Å². The highest BCUT2D eigenvalue weighted by atomic mass is 35.5. The number of amides is 1. The molecule has 4 rings (SSSR count). The number of piperidine rings is 1. The Kier molecular flexibility index (Phi) is 5.67. The van der Waals surface area contributed by atoms with Crippen LogP contribution < -0.4 is 5.32 Å². The maximum Gasteiger partial charge on any atom is 0.224 e. The highest BCUT2D eigenvalue weighted by molar-refractivity contribution is 6.30. The molecule has 29 heavy (non-hydrogen) atoms. The summed E-state index contributed by atoms with van der Waals surface area (Å²) < 4.78 is 0. The summed E-state index contributed by atoms with van der Waals surface area (Å²) in [5, 5.41) is 25.6. The number of aryl methyl sites for hydroxylation is 1. The molecule has 2 atom stereocenters. The first-order chi connectivity index (χ1) is 13.9. The van der Waals surface area contributed by atoms with Crippen LogP contribution in [0.2, 0.25) is 5.02 Å². The average Bonchev–Trinajstić information content (AvgIpc) is 2.73. The third kappa shape index (κ3) is 4.19. The van der Waals surface area contributed by atoms with Crippen molar-refractivity contribution >= 4 is 23.2 Å². The molecule has 6 heteroatoms. The van der Waals surface area contributed by atoms with Crippen LogP contribution in [0.25, 0.3) is 0 Å². The Morgan fingerprint density at radius 3 is 2.48 bits per heavy atom. The number of aliphatic hydroxyl groups excluding tert-OH is 1. The van der Waals surface area contributed by atoms with E-state index in [9.17, 15) is 15.0 Å². The molecule has 1 fully saturated rings. The number of hydrogen-bond acceptors (Lipinski definition) is 4. The molecule has 0 unspecified atom stereocenters. The molecule has 2 aromatic rings. The number of nitrogens with one attached hydrogen (secondary N) is 1. The van der Waals surface area contributed by atoms with E-state index >= 15 is 0 Å². The minimum Gasteiger partial charge on any atom is -0.387 e. The molecule has 0 spiro atoms. The van der Waals surface area contributed by atoms with Crippen LogP contribution in [-0.2, 0) is 16.8 Å². The second-order valence-electron chi connectivity index (χ2n) is 8.22. The smallest absolute Gasteiger partial charge is 0.224 e. The number of halogens is 1. The Labute approximate surface area is 176 Å². The van der Waals surface area contributed by atoms with Crippen LogP contribution in [0, 0.1) is 0 Å². The lowest BCUT2D eigenvalue weighted by Gasteiger charge is -2.42. The van der Waals surface area contributed by atoms with E-state index in [1.54, 1.807) is 0 Å². The van der Waals surface area contributed by atoms with Gasteiger partial charge in [-0.05, 0) is 61.1 Å². The summed E-state index contributed by atoms with van der Waals surface area (Å²) in [6.07, 6.45) is 1.79. The number of hydrogen-bond donors (Lipinski definition) is 3. The van der Waals surface area contributed by atoms with Crippen molar-refractivity contribution in [2.45, 2.75) is 50.4 Å². The number of nitrogens with zero attached hydrogens (tertiary/aromatic N) is 1. The maximum atomic E-state index is 11.5. The zero-order valence-electron chi connectivity index (χ0n) is 16.6. The molecular formula is C23H27ClN2O3. The standard InChI is InChI=1S/C23H27ClN2O3/c1-15(22(28)17-2-8-20-16(14-17)3-9-21(27)25-20)26-12-10-23(29,11-13-26)18-4-6-19(24)7-5-18/h2,4-8,14-15,22,28-29H,3,9-13H2,1H3,(H,25,27)/t15-,22+/m1/s1. The van der Waals surface area contributed by atoms with Crippen molar-refractivity contribution in [2.24, 2.45) is 0 Å². The van der Waals surface area contributed by atoms with Crippen molar-refractivity contribution in [1.29, 1.82) is 0 Å². The monoisotopic (exact) mass is 414 g/mol. The Morgan fingerprint density at radius 1 is 1.10 bits per heavy atom. The number of carbonyl (C=O) groups is 1. The number of fused-ring (bicyclic) bond motifs is 1. The minimum atomic E-state index is -0.851. The maximum absolute atomic E-state index is 11.5. The second-order valence-corrected chi connectivity index (χ2v) is 8.66. The van der Waals surface area contributed by atoms with Crippen LogP contribution in [0.3, 0.4) is 0 Å². The topological polar surface area (TPSA) is 72.8 Å². The molecule has 5 nitrogen and oxygen atoms in total. The van der Waals surface area contributed by atoms with Crippen LogP contribution in [0.5, 0.6) is 0 Å². The number of rotatable bonds is 4. The summed E-state index contributed by atoms with van der Waals surface area (Å²) in [6, 6.07) is 13.1. The van der Waals surface area contributed by atoms with Crippen LogP contribution in [-0.4, -0.2) is 40.2 Å². The van der Waals surface area contributed by atoms with Gasteiger partial charge >= 0.3 is 0 Å². The van der Waals surface area contributed by atoms with E-state index in [2.05, 4.69) is 10.2 Å². The Morgan fingerprint density at radius 2 is 1.79 bits per heavy atom. The molecule has 0 saturated carbocycles. The molecule has 2 aliphatic heterocycles. The third-order valence-electron chi connectivity index (χ3n) is 6.41. The van der Waals surface area contributed by atoms with E-state index in [0.717, 1.165) is 22.4 Å². The number of aliphatic hydroxyl groups is 2. The predicted molar refractivity (Wildman–Crippen MR) is 114 cm³/mol. The van der Waals surface area contributed by atoms with Crippen LogP contribution in [0.15, 0.2) is 42.5 Å². The molecule has 0 bridgehead atoms. The quantitative estimate of drug-likeness (QED) is 0.714. The number of carbonyl (C=O) groups excluding carboxylic acids is 1. The normalized spacial score (nSPS) is 21.2. The van der Waals surface area contributed by atoms with Gasteiger partial charge in [-0.2, -0.15) is 0 Å². The molecule has 2 aromatic carbocycles. The molecule has 0 radical (unpaired) electrons. The van der Waals surface area contributed by atoms with E-state index in [-0.39, 0.29) is 11.9 Å². The molecular weight excluding hydrogens is 388 g/mol. The van der Waals surface area contributed by atoms with Crippen molar-refractivity contribution in [3.8, 4) is 0 Å². The molecule has 1 amide bonds. The zero-order valence-corrected chi connectivity index (χ0v) is 17.3. The summed E-state index contributed by atoms with van der Waals surface area (Å²) in [7, 11) is 0. The van der Waals surface area contributed by atoms with E-state index < -0.39 is 11.7 Å². The van der Waals surface area contributed by atoms with Crippen LogP contribution in [0.1, 0.15) is 49.0 Å². The SMILES string of the molecule is C[C@H]([C@H](O)c1ccc2c(c1)CCC(=O)N2)N1CCC(O)(c2ccc(Cl)cc2)CC1. The first kappa shape index (κ1) is 20.4. The summed E-state index contributed by atoms with van der Waals surface area (Å²) in [4.78, 5) is 13.8. The Hall–Kier alpha value is -1.92. The van der Waals surface area contributed by atoms with Gasteiger partial charge in [0.1, 0.15) is 0 Å². The fourth-order valence-electron chi connectivity index (χ4n) is 4.42. The van der Waals surface area contributed by atoms with E-state index in [1.165, 1.54) is 0 Å². The number of likely N-dealkylation sites (tertiary alicyclic amines) is 1. The van der Waals surface area contributed by atoms with Gasteiger partial charge < -0.3 is 15.5 Å². The van der Waals surface area contributed by atoms with Crippen molar-refractivity contribution in [2.75, 3.05) is 18.4 Å². The first-order valence-electron chi connectivity index (χ1n) is 10.2. The van der Waals surface area contributed by atoms with Gasteiger partial charge in [0, 0.05) is 36.3 Å². The van der Waals surface area contributed by atoms with Gasteiger partial charge in [-0.15, -0.1) is 0 Å². The second kappa shape index (κ2) is 8.07. The van der Waals surface area contributed by atoms with E-state index in [0.29, 0.717) is 43.8 Å². The Bertz CT molecular complexity index is 891. The fraction of sp³-hybridized carbons (Fsp3) is 0.435. The van der Waals surface area contributed by atoms with Gasteiger partial charge in [-0.25, -0.2) is 0 Å². The lowest BCUT2D eigenvalue weighted by atomic mass is 9.83. The molecule has 2 aliphatic rings. The lowest BCUT2D eigenvalue weighted by Crippen LogP contribution is -2.47. The molecule has 1 saturated heterocycles.